The van der Waals surface area contributed by atoms with Crippen molar-refractivity contribution >= 4 is 32.9 Å². The second kappa shape index (κ2) is 8.76. The average molecular weight is 519 g/mol. The highest BCUT2D eigenvalue weighted by Gasteiger charge is 2.59. The van der Waals surface area contributed by atoms with Gasteiger partial charge in [0.05, 0.1) is 21.8 Å². The summed E-state index contributed by atoms with van der Waals surface area (Å²) in [5.74, 6) is -2.65. The zero-order valence-electron chi connectivity index (χ0n) is 20.0. The maximum Gasteiger partial charge on any atom is 0.269 e. The summed E-state index contributed by atoms with van der Waals surface area (Å²) in [6.45, 7) is 0. The van der Waals surface area contributed by atoms with Crippen molar-refractivity contribution in [2.45, 2.75) is 43.0 Å². The van der Waals surface area contributed by atoms with Crippen LogP contribution in [0.3, 0.4) is 0 Å². The Hall–Kier alpha value is -3.59. The van der Waals surface area contributed by atoms with Crippen molar-refractivity contribution in [3.05, 3.63) is 88.1 Å². The molecule has 8 nitrogen and oxygen atoms in total. The Bertz CT molecular complexity index is 1460. The van der Waals surface area contributed by atoms with Gasteiger partial charge in [0.15, 0.2) is 0 Å². The first-order valence-corrected chi connectivity index (χ1v) is 14.0. The van der Waals surface area contributed by atoms with Gasteiger partial charge in [-0.1, -0.05) is 48.4 Å². The predicted octanol–water partition coefficient (Wildman–Crippen LogP) is 4.53. The van der Waals surface area contributed by atoms with Crippen LogP contribution in [0.4, 0.5) is 5.69 Å². The van der Waals surface area contributed by atoms with E-state index in [1.807, 2.05) is 30.3 Å². The second-order valence-electron chi connectivity index (χ2n) is 10.3. The summed E-state index contributed by atoms with van der Waals surface area (Å²) in [5, 5.41) is 11.1. The van der Waals surface area contributed by atoms with Crippen LogP contribution in [-0.4, -0.2) is 35.3 Å². The van der Waals surface area contributed by atoms with E-state index < -0.39 is 38.6 Å². The molecular formula is C28H26N2O6S. The van der Waals surface area contributed by atoms with Gasteiger partial charge in [-0.2, -0.15) is 0 Å². The van der Waals surface area contributed by atoms with Gasteiger partial charge in [-0.05, 0) is 60.8 Å². The van der Waals surface area contributed by atoms with Crippen LogP contribution in [0, 0.1) is 33.8 Å². The molecule has 0 saturated heterocycles. The Kier molecular flexibility index (Phi) is 5.63. The summed E-state index contributed by atoms with van der Waals surface area (Å²) in [6.07, 6.45) is 8.02. The molecular weight excluding hydrogens is 492 g/mol. The summed E-state index contributed by atoms with van der Waals surface area (Å²) in [5.41, 5.74) is 2.24. The Morgan fingerprint density at radius 1 is 0.946 bits per heavy atom. The lowest BCUT2D eigenvalue weighted by Gasteiger charge is -2.48. The molecule has 9 heteroatoms. The monoisotopic (exact) mass is 518 g/mol. The molecule has 0 bridgehead atoms. The number of nitro benzene ring substituents is 1. The van der Waals surface area contributed by atoms with Crippen LogP contribution < -0.4 is 0 Å². The molecule has 5 atom stereocenters. The molecule has 2 fully saturated rings. The van der Waals surface area contributed by atoms with Gasteiger partial charge in [0.25, 0.3) is 15.7 Å². The number of rotatable bonds is 4. The molecule has 4 aliphatic rings. The normalized spacial score (nSPS) is 29.1. The number of carbonyl (C=O) groups is 2. The molecule has 3 aliphatic carbocycles. The molecule has 1 heterocycles. The molecule has 2 aromatic carbocycles. The number of hydrogen-bond acceptors (Lipinski definition) is 6. The number of fused-ring (bicyclic) bond motifs is 5. The van der Waals surface area contributed by atoms with Crippen molar-refractivity contribution in [3.8, 4) is 0 Å². The Morgan fingerprint density at radius 2 is 1.68 bits per heavy atom. The van der Waals surface area contributed by atoms with Gasteiger partial charge >= 0.3 is 0 Å². The van der Waals surface area contributed by atoms with E-state index in [4.69, 9.17) is 0 Å². The average Bonchev–Trinajstić information content (AvgIpc) is 3.33. The van der Waals surface area contributed by atoms with Crippen LogP contribution >= 0.6 is 0 Å². The van der Waals surface area contributed by atoms with Crippen molar-refractivity contribution in [1.82, 2.24) is 4.31 Å². The van der Waals surface area contributed by atoms with Crippen LogP contribution in [-0.2, 0) is 19.6 Å². The molecule has 0 spiro atoms. The first kappa shape index (κ1) is 23.8. The lowest BCUT2D eigenvalue weighted by atomic mass is 9.57. The van der Waals surface area contributed by atoms with E-state index in [1.165, 1.54) is 28.2 Å². The molecule has 0 amide bonds. The van der Waals surface area contributed by atoms with Gasteiger partial charge in [0, 0.05) is 24.3 Å². The van der Waals surface area contributed by atoms with Gasteiger partial charge in [0.1, 0.15) is 0 Å². The Balaban J connectivity index is 1.49. The standard InChI is InChI=1S/C28H26N2O6S/c31-27-24-21-9-5-4-8-18(21)10-15-22(24)26-25(28(27)32)23(17-6-2-1-3-7-17)16-29(26)37(35,36)20-13-11-19(12-14-20)30(33)34/h1-3,6-7,10-14,16,21-22,24-26H,4-5,8-9,15H2. The molecule has 6 rings (SSSR count). The highest BCUT2D eigenvalue weighted by atomic mass is 32.2. The van der Waals surface area contributed by atoms with Gasteiger partial charge in [-0.25, -0.2) is 8.42 Å². The quantitative estimate of drug-likeness (QED) is 0.254. The van der Waals surface area contributed by atoms with E-state index in [2.05, 4.69) is 6.08 Å². The topological polar surface area (TPSA) is 115 Å². The number of hydrogen-bond donors (Lipinski definition) is 0. The summed E-state index contributed by atoms with van der Waals surface area (Å²) in [4.78, 5) is 37.8. The molecule has 2 saturated carbocycles. The van der Waals surface area contributed by atoms with Crippen molar-refractivity contribution < 1.29 is 22.9 Å². The fraction of sp³-hybridized carbons (Fsp3) is 0.357. The summed E-state index contributed by atoms with van der Waals surface area (Å²) < 4.78 is 29.3. The number of non-ortho nitro benzene ring substituents is 1. The fourth-order valence-electron chi connectivity index (χ4n) is 6.85. The predicted molar refractivity (Wildman–Crippen MR) is 135 cm³/mol. The minimum atomic E-state index is -4.16. The Morgan fingerprint density at radius 3 is 2.38 bits per heavy atom. The third kappa shape index (κ3) is 3.67. The number of nitro groups is 1. The van der Waals surface area contributed by atoms with Crippen LogP contribution in [0.25, 0.3) is 5.57 Å². The van der Waals surface area contributed by atoms with E-state index in [9.17, 15) is 28.1 Å². The largest absolute Gasteiger partial charge is 0.291 e. The zero-order chi connectivity index (χ0) is 25.9. The summed E-state index contributed by atoms with van der Waals surface area (Å²) in [7, 11) is -4.16. The zero-order valence-corrected chi connectivity index (χ0v) is 20.8. The number of sulfonamides is 1. The van der Waals surface area contributed by atoms with E-state index >= 15 is 0 Å². The molecule has 0 aromatic heterocycles. The maximum atomic E-state index is 14.0. The van der Waals surface area contributed by atoms with Gasteiger partial charge in [-0.3, -0.25) is 24.0 Å². The van der Waals surface area contributed by atoms with Crippen molar-refractivity contribution in [2.24, 2.45) is 23.7 Å². The van der Waals surface area contributed by atoms with Crippen molar-refractivity contribution in [1.29, 1.82) is 0 Å². The number of allylic oxidation sites excluding steroid dienone is 2. The SMILES string of the molecule is O=C1C(=O)C2C3CCCCC3=CCC2C2C1C(c1ccccc1)=CN2S(=O)(=O)c1ccc([N+](=O)[O-])cc1. The third-order valence-electron chi connectivity index (χ3n) is 8.49. The first-order chi connectivity index (χ1) is 17.8. The van der Waals surface area contributed by atoms with Crippen LogP contribution in [0.2, 0.25) is 0 Å². The summed E-state index contributed by atoms with van der Waals surface area (Å²) in [6, 6.07) is 13.1. The van der Waals surface area contributed by atoms with Crippen LogP contribution in [0.1, 0.15) is 37.7 Å². The molecule has 0 N–H and O–H groups in total. The van der Waals surface area contributed by atoms with E-state index in [-0.39, 0.29) is 28.2 Å². The number of benzene rings is 2. The second-order valence-corrected chi connectivity index (χ2v) is 12.1. The first-order valence-electron chi connectivity index (χ1n) is 12.6. The number of Topliss-reactive ketones (excluding diaryl/α,β-unsaturated/α-hetero) is 2. The number of nitrogens with zero attached hydrogens (tertiary/aromatic N) is 2. The van der Waals surface area contributed by atoms with E-state index in [0.29, 0.717) is 17.6 Å². The van der Waals surface area contributed by atoms with E-state index in [1.54, 1.807) is 0 Å². The van der Waals surface area contributed by atoms with Crippen LogP contribution in [0.5, 0.6) is 0 Å². The van der Waals surface area contributed by atoms with E-state index in [0.717, 1.165) is 37.8 Å². The van der Waals surface area contributed by atoms with Gasteiger partial charge in [-0.15, -0.1) is 0 Å². The highest BCUT2D eigenvalue weighted by molar-refractivity contribution is 7.89. The molecule has 37 heavy (non-hydrogen) atoms. The smallest absolute Gasteiger partial charge is 0.269 e. The fourth-order valence-corrected chi connectivity index (χ4v) is 8.42. The number of ketones is 2. The van der Waals surface area contributed by atoms with Crippen molar-refractivity contribution in [3.63, 3.8) is 0 Å². The summed E-state index contributed by atoms with van der Waals surface area (Å²) >= 11 is 0. The van der Waals surface area contributed by atoms with Crippen molar-refractivity contribution in [2.75, 3.05) is 0 Å². The molecule has 1 aliphatic heterocycles. The molecule has 190 valence electrons. The lowest BCUT2D eigenvalue weighted by molar-refractivity contribution is -0.384. The number of carbonyl (C=O) groups excluding carboxylic acids is 2. The minimum absolute atomic E-state index is 0.0189. The maximum absolute atomic E-state index is 14.0. The molecule has 5 unspecified atom stereocenters. The van der Waals surface area contributed by atoms with Crippen LogP contribution in [0.15, 0.2) is 77.3 Å². The Labute approximate surface area is 214 Å². The lowest BCUT2D eigenvalue weighted by Crippen LogP contribution is -2.57. The highest BCUT2D eigenvalue weighted by Crippen LogP contribution is 2.54. The molecule has 0 radical (unpaired) electrons. The molecule has 2 aromatic rings. The minimum Gasteiger partial charge on any atom is -0.291 e. The van der Waals surface area contributed by atoms with Gasteiger partial charge < -0.3 is 0 Å². The third-order valence-corrected chi connectivity index (χ3v) is 10.3. The van der Waals surface area contributed by atoms with Gasteiger partial charge in [0.2, 0.25) is 11.6 Å².